The van der Waals surface area contributed by atoms with Crippen LogP contribution in [0.15, 0.2) is 30.5 Å². The number of rotatable bonds is 6. The molecule has 1 aromatic heterocycles. The molecule has 1 atom stereocenters. The van der Waals surface area contributed by atoms with Gasteiger partial charge in [0, 0.05) is 36.1 Å². The largest absolute Gasteiger partial charge is 0.361 e. The second kappa shape index (κ2) is 6.73. The van der Waals surface area contributed by atoms with E-state index in [-0.39, 0.29) is 11.9 Å². The fourth-order valence-corrected chi connectivity index (χ4v) is 2.16. The van der Waals surface area contributed by atoms with Gasteiger partial charge in [0.1, 0.15) is 6.04 Å². The van der Waals surface area contributed by atoms with E-state index in [0.29, 0.717) is 13.1 Å². The van der Waals surface area contributed by atoms with Gasteiger partial charge in [-0.25, -0.2) is 0 Å². The maximum absolute atomic E-state index is 10.7. The fraction of sp³-hybridized carbons (Fsp3) is 0.333. The van der Waals surface area contributed by atoms with Crippen LogP contribution in [-0.2, 0) is 4.79 Å². The number of nitrogens with zero attached hydrogens (tertiary/aromatic N) is 1. The van der Waals surface area contributed by atoms with E-state index in [0.717, 1.165) is 22.9 Å². The summed E-state index contributed by atoms with van der Waals surface area (Å²) < 4.78 is 0. The van der Waals surface area contributed by atoms with E-state index in [9.17, 15) is 10.1 Å². The topological polar surface area (TPSA) is 80.7 Å². The third-order valence-electron chi connectivity index (χ3n) is 3.14. The van der Waals surface area contributed by atoms with E-state index < -0.39 is 0 Å². The normalized spacial score (nSPS) is 12.0. The first kappa shape index (κ1) is 14.1. The van der Waals surface area contributed by atoms with Gasteiger partial charge < -0.3 is 10.3 Å². The minimum atomic E-state index is -0.344. The van der Waals surface area contributed by atoms with Gasteiger partial charge in [-0.05, 0) is 19.0 Å². The smallest absolute Gasteiger partial charge is 0.216 e. The van der Waals surface area contributed by atoms with Crippen molar-refractivity contribution >= 4 is 16.8 Å². The van der Waals surface area contributed by atoms with Crippen LogP contribution in [0.2, 0.25) is 0 Å². The van der Waals surface area contributed by atoms with E-state index in [1.165, 1.54) is 6.92 Å². The Morgan fingerprint density at radius 1 is 1.40 bits per heavy atom. The van der Waals surface area contributed by atoms with Gasteiger partial charge in [0.25, 0.3) is 0 Å². The Balaban J connectivity index is 1.95. The van der Waals surface area contributed by atoms with Crippen molar-refractivity contribution < 1.29 is 4.79 Å². The van der Waals surface area contributed by atoms with Crippen LogP contribution in [0.1, 0.15) is 24.9 Å². The van der Waals surface area contributed by atoms with Gasteiger partial charge in [-0.2, -0.15) is 5.26 Å². The molecule has 0 fully saturated rings. The summed E-state index contributed by atoms with van der Waals surface area (Å²) >= 11 is 0. The molecule has 1 heterocycles. The Morgan fingerprint density at radius 2 is 2.20 bits per heavy atom. The molecule has 5 heteroatoms. The molecular formula is C15H18N4O. The molecule has 0 aliphatic heterocycles. The molecular weight excluding hydrogens is 252 g/mol. The van der Waals surface area contributed by atoms with Crippen molar-refractivity contribution in [3.63, 3.8) is 0 Å². The third kappa shape index (κ3) is 3.37. The highest BCUT2D eigenvalue weighted by Gasteiger charge is 2.13. The lowest BCUT2D eigenvalue weighted by atomic mass is 10.1. The first-order valence-corrected chi connectivity index (χ1v) is 6.66. The van der Waals surface area contributed by atoms with Crippen molar-refractivity contribution in [3.8, 4) is 6.07 Å². The summed E-state index contributed by atoms with van der Waals surface area (Å²) in [6, 6.07) is 9.85. The highest BCUT2D eigenvalue weighted by atomic mass is 16.1. The summed E-state index contributed by atoms with van der Waals surface area (Å²) in [6.07, 6.45) is 2.67. The van der Waals surface area contributed by atoms with Crippen LogP contribution >= 0.6 is 0 Å². The Bertz CT molecular complexity index is 626. The average Bonchev–Trinajstić information content (AvgIpc) is 2.86. The molecule has 20 heavy (non-hydrogen) atoms. The Hall–Kier alpha value is -2.32. The van der Waals surface area contributed by atoms with Crippen LogP contribution < -0.4 is 10.6 Å². The highest BCUT2D eigenvalue weighted by Crippen LogP contribution is 2.23. The fourth-order valence-electron chi connectivity index (χ4n) is 2.16. The minimum absolute atomic E-state index is 0.0292. The molecule has 0 aliphatic carbocycles. The second-order valence-electron chi connectivity index (χ2n) is 4.64. The number of para-hydroxylation sites is 1. The molecule has 0 saturated carbocycles. The third-order valence-corrected chi connectivity index (χ3v) is 3.14. The van der Waals surface area contributed by atoms with Gasteiger partial charge in [0.05, 0.1) is 6.07 Å². The lowest BCUT2D eigenvalue weighted by Gasteiger charge is -2.11. The lowest BCUT2D eigenvalue weighted by molar-refractivity contribution is -0.118. The van der Waals surface area contributed by atoms with Crippen LogP contribution in [0.4, 0.5) is 0 Å². The molecule has 0 aliphatic rings. The summed E-state index contributed by atoms with van der Waals surface area (Å²) in [5.74, 6) is -0.0292. The number of nitriles is 1. The Morgan fingerprint density at radius 3 is 2.95 bits per heavy atom. The minimum Gasteiger partial charge on any atom is -0.361 e. The summed E-state index contributed by atoms with van der Waals surface area (Å²) in [6.45, 7) is 2.80. The van der Waals surface area contributed by atoms with Gasteiger partial charge >= 0.3 is 0 Å². The number of fused-ring (bicyclic) bond motifs is 1. The van der Waals surface area contributed by atoms with Crippen molar-refractivity contribution in [2.75, 3.05) is 13.1 Å². The van der Waals surface area contributed by atoms with Gasteiger partial charge in [0.2, 0.25) is 5.91 Å². The number of carbonyl (C=O) groups excluding carboxylic acids is 1. The molecule has 0 saturated heterocycles. The Labute approximate surface area is 118 Å². The molecule has 5 nitrogen and oxygen atoms in total. The van der Waals surface area contributed by atoms with Crippen LogP contribution in [0.3, 0.4) is 0 Å². The van der Waals surface area contributed by atoms with E-state index in [4.69, 9.17) is 0 Å². The number of hydrogen-bond donors (Lipinski definition) is 3. The maximum atomic E-state index is 10.7. The molecule has 0 radical (unpaired) electrons. The van der Waals surface area contributed by atoms with E-state index in [2.05, 4.69) is 21.7 Å². The summed E-state index contributed by atoms with van der Waals surface area (Å²) in [5, 5.41) is 16.3. The molecule has 3 N–H and O–H groups in total. The predicted molar refractivity (Wildman–Crippen MR) is 78.0 cm³/mol. The number of nitrogens with one attached hydrogen (secondary N) is 3. The standard InChI is InChI=1S/C15H18N4O/c1-11(20)17-7-4-8-18-15(9-16)13-10-19-14-6-3-2-5-12(13)14/h2-3,5-6,10,15,18-19H,4,7-8H2,1H3,(H,17,20). The zero-order valence-electron chi connectivity index (χ0n) is 11.4. The first-order valence-electron chi connectivity index (χ1n) is 6.66. The monoisotopic (exact) mass is 270 g/mol. The Kier molecular flexibility index (Phi) is 4.75. The molecule has 2 rings (SSSR count). The lowest BCUT2D eigenvalue weighted by Crippen LogP contribution is -2.26. The SMILES string of the molecule is CC(=O)NCCCNC(C#N)c1c[nH]c2ccccc12. The van der Waals surface area contributed by atoms with Crippen molar-refractivity contribution in [1.82, 2.24) is 15.6 Å². The maximum Gasteiger partial charge on any atom is 0.216 e. The van der Waals surface area contributed by atoms with Gasteiger partial charge in [-0.3, -0.25) is 10.1 Å². The summed E-state index contributed by atoms with van der Waals surface area (Å²) in [7, 11) is 0. The predicted octanol–water partition coefficient (Wildman–Crippen LogP) is 1.85. The zero-order valence-corrected chi connectivity index (χ0v) is 11.4. The average molecular weight is 270 g/mol. The second-order valence-corrected chi connectivity index (χ2v) is 4.64. The van der Waals surface area contributed by atoms with Crippen LogP contribution in [0.5, 0.6) is 0 Å². The number of H-pyrrole nitrogens is 1. The molecule has 1 unspecified atom stereocenters. The molecule has 0 spiro atoms. The number of aromatic nitrogens is 1. The quantitative estimate of drug-likeness (QED) is 0.701. The molecule has 1 amide bonds. The van der Waals surface area contributed by atoms with Gasteiger partial charge in [-0.15, -0.1) is 0 Å². The summed E-state index contributed by atoms with van der Waals surface area (Å²) in [4.78, 5) is 13.9. The number of carbonyl (C=O) groups is 1. The van der Waals surface area contributed by atoms with Crippen LogP contribution in [-0.4, -0.2) is 24.0 Å². The van der Waals surface area contributed by atoms with E-state index in [1.807, 2.05) is 30.5 Å². The van der Waals surface area contributed by atoms with Crippen molar-refractivity contribution in [1.29, 1.82) is 5.26 Å². The van der Waals surface area contributed by atoms with Crippen LogP contribution in [0, 0.1) is 11.3 Å². The van der Waals surface area contributed by atoms with Gasteiger partial charge in [-0.1, -0.05) is 18.2 Å². The molecule has 2 aromatic rings. The number of benzene rings is 1. The molecule has 1 aromatic carbocycles. The molecule has 104 valence electrons. The van der Waals surface area contributed by atoms with Crippen molar-refractivity contribution in [2.24, 2.45) is 0 Å². The zero-order chi connectivity index (χ0) is 14.4. The number of hydrogen-bond acceptors (Lipinski definition) is 3. The van der Waals surface area contributed by atoms with E-state index in [1.54, 1.807) is 0 Å². The number of aromatic amines is 1. The van der Waals surface area contributed by atoms with Crippen molar-refractivity contribution in [2.45, 2.75) is 19.4 Å². The van der Waals surface area contributed by atoms with E-state index >= 15 is 0 Å². The van der Waals surface area contributed by atoms with Crippen LogP contribution in [0.25, 0.3) is 10.9 Å². The highest BCUT2D eigenvalue weighted by molar-refractivity contribution is 5.83. The van der Waals surface area contributed by atoms with Gasteiger partial charge in [0.15, 0.2) is 0 Å². The molecule has 0 bridgehead atoms. The van der Waals surface area contributed by atoms with Crippen molar-refractivity contribution in [3.05, 3.63) is 36.0 Å². The first-order chi connectivity index (χ1) is 9.72. The summed E-state index contributed by atoms with van der Waals surface area (Å²) in [5.41, 5.74) is 1.99. The number of amides is 1.